The van der Waals surface area contributed by atoms with Gasteiger partial charge in [-0.15, -0.1) is 0 Å². The Hall–Kier alpha value is -2.03. The molecule has 2 aromatic carbocycles. The van der Waals surface area contributed by atoms with Gasteiger partial charge in [-0.3, -0.25) is 4.79 Å². The molecular weight excluding hydrogens is 246 g/mol. The molecule has 0 N–H and O–H groups in total. The average Bonchev–Trinajstić information content (AvgIpc) is 2.72. The van der Waals surface area contributed by atoms with Gasteiger partial charge in [-0.1, -0.05) is 30.3 Å². The number of carbonyl (C=O) groups is 1. The Balaban J connectivity index is 1.89. The minimum absolute atomic E-state index is 0.00801. The van der Waals surface area contributed by atoms with Crippen LogP contribution in [0, 0.1) is 17.6 Å². The molecule has 0 fully saturated rings. The first-order chi connectivity index (χ1) is 9.16. The number of ketones is 1. The zero-order chi connectivity index (χ0) is 13.4. The molecule has 0 radical (unpaired) electrons. The Morgan fingerprint density at radius 1 is 1.00 bits per heavy atom. The van der Waals surface area contributed by atoms with Crippen molar-refractivity contribution in [3.05, 3.63) is 70.8 Å². The number of fused-ring (bicyclic) bond motifs is 1. The topological polar surface area (TPSA) is 17.1 Å². The number of benzene rings is 2. The zero-order valence-corrected chi connectivity index (χ0v) is 10.2. The molecule has 0 saturated heterocycles. The summed E-state index contributed by atoms with van der Waals surface area (Å²) in [5, 5.41) is 0. The lowest BCUT2D eigenvalue weighted by Gasteiger charge is -2.09. The van der Waals surface area contributed by atoms with Gasteiger partial charge in [0.05, 0.1) is 0 Å². The summed E-state index contributed by atoms with van der Waals surface area (Å²) in [4.78, 5) is 12.2. The minimum Gasteiger partial charge on any atom is -0.294 e. The van der Waals surface area contributed by atoms with E-state index in [9.17, 15) is 13.6 Å². The van der Waals surface area contributed by atoms with Gasteiger partial charge >= 0.3 is 0 Å². The minimum atomic E-state index is -0.580. The first-order valence-electron chi connectivity index (χ1n) is 6.22. The van der Waals surface area contributed by atoms with E-state index >= 15 is 0 Å². The molecule has 19 heavy (non-hydrogen) atoms. The van der Waals surface area contributed by atoms with Crippen molar-refractivity contribution in [2.45, 2.75) is 12.8 Å². The first-order valence-corrected chi connectivity index (χ1v) is 6.22. The molecular formula is C16H12F2O. The Bertz CT molecular complexity index is 629. The number of hydrogen-bond donors (Lipinski definition) is 0. The summed E-state index contributed by atoms with van der Waals surface area (Å²) < 4.78 is 27.2. The molecule has 3 heteroatoms. The molecule has 0 spiro atoms. The van der Waals surface area contributed by atoms with Crippen LogP contribution in [0.3, 0.4) is 0 Å². The lowest BCUT2D eigenvalue weighted by Crippen LogP contribution is -2.14. The van der Waals surface area contributed by atoms with E-state index < -0.39 is 11.6 Å². The van der Waals surface area contributed by atoms with E-state index in [-0.39, 0.29) is 23.7 Å². The number of halogens is 2. The molecule has 1 atom stereocenters. The first kappa shape index (κ1) is 12.0. The maximum Gasteiger partial charge on any atom is 0.166 e. The Kier molecular flexibility index (Phi) is 2.90. The molecule has 1 aliphatic rings. The highest BCUT2D eigenvalue weighted by Gasteiger charge is 2.31. The molecule has 1 nitrogen and oxygen atoms in total. The monoisotopic (exact) mass is 258 g/mol. The zero-order valence-electron chi connectivity index (χ0n) is 10.2. The quantitative estimate of drug-likeness (QED) is 0.805. The van der Waals surface area contributed by atoms with Crippen molar-refractivity contribution in [2.24, 2.45) is 5.92 Å². The second-order valence-corrected chi connectivity index (χ2v) is 4.83. The molecule has 0 bridgehead atoms. The lowest BCUT2D eigenvalue weighted by molar-refractivity contribution is 0.0935. The third-order valence-corrected chi connectivity index (χ3v) is 3.63. The second kappa shape index (κ2) is 4.57. The fraction of sp³-hybridized carbons (Fsp3) is 0.188. The molecule has 0 heterocycles. The molecule has 2 aromatic rings. The lowest BCUT2D eigenvalue weighted by atomic mass is 9.95. The van der Waals surface area contributed by atoms with Crippen LogP contribution in [0.25, 0.3) is 0 Å². The summed E-state index contributed by atoms with van der Waals surface area (Å²) in [6.07, 6.45) is 0.675. The summed E-state index contributed by atoms with van der Waals surface area (Å²) in [7, 11) is 0. The summed E-state index contributed by atoms with van der Waals surface area (Å²) in [6.45, 7) is 0. The van der Waals surface area contributed by atoms with Crippen molar-refractivity contribution in [1.29, 1.82) is 0 Å². The van der Waals surface area contributed by atoms with E-state index in [4.69, 9.17) is 0 Å². The van der Waals surface area contributed by atoms with E-state index in [1.54, 1.807) is 6.07 Å². The highest BCUT2D eigenvalue weighted by molar-refractivity contribution is 6.02. The van der Waals surface area contributed by atoms with Crippen molar-refractivity contribution in [1.82, 2.24) is 0 Å². The van der Waals surface area contributed by atoms with Gasteiger partial charge in [-0.25, -0.2) is 8.78 Å². The Morgan fingerprint density at radius 2 is 1.68 bits per heavy atom. The van der Waals surface area contributed by atoms with Gasteiger partial charge in [0.1, 0.15) is 11.6 Å². The third kappa shape index (κ3) is 2.05. The molecule has 0 amide bonds. The maximum absolute atomic E-state index is 13.6. The van der Waals surface area contributed by atoms with Crippen LogP contribution < -0.4 is 0 Å². The van der Waals surface area contributed by atoms with Gasteiger partial charge in [-0.05, 0) is 30.5 Å². The van der Waals surface area contributed by atoms with Crippen LogP contribution in [0.2, 0.25) is 0 Å². The van der Waals surface area contributed by atoms with Gasteiger partial charge in [0, 0.05) is 17.0 Å². The van der Waals surface area contributed by atoms with Crippen LogP contribution in [-0.2, 0) is 12.8 Å². The van der Waals surface area contributed by atoms with Gasteiger partial charge in [0.15, 0.2) is 5.78 Å². The van der Waals surface area contributed by atoms with Crippen molar-refractivity contribution in [3.8, 4) is 0 Å². The van der Waals surface area contributed by atoms with Crippen LogP contribution in [0.5, 0.6) is 0 Å². The molecule has 1 unspecified atom stereocenters. The molecule has 0 aliphatic heterocycles. The van der Waals surface area contributed by atoms with E-state index in [0.717, 1.165) is 5.56 Å². The number of rotatable bonds is 2. The standard InChI is InChI=1S/C16H12F2O/c17-14-6-3-7-15(18)13(14)9-11-8-10-4-1-2-5-12(10)16(11)19/h1-7,11H,8-9H2. The Morgan fingerprint density at radius 3 is 2.37 bits per heavy atom. The molecule has 0 aromatic heterocycles. The number of carbonyl (C=O) groups excluding carboxylic acids is 1. The van der Waals surface area contributed by atoms with E-state index in [1.807, 2.05) is 18.2 Å². The SMILES string of the molecule is O=C1c2ccccc2CC1Cc1c(F)cccc1F. The summed E-state index contributed by atoms with van der Waals surface area (Å²) in [6, 6.07) is 11.1. The highest BCUT2D eigenvalue weighted by atomic mass is 19.1. The fourth-order valence-corrected chi connectivity index (χ4v) is 2.66. The average molecular weight is 258 g/mol. The predicted octanol–water partition coefficient (Wildman–Crippen LogP) is 3.56. The summed E-state index contributed by atoms with van der Waals surface area (Å²) in [5.41, 5.74) is 1.66. The van der Waals surface area contributed by atoms with Gasteiger partial charge in [0.2, 0.25) is 0 Å². The maximum atomic E-state index is 13.6. The fourth-order valence-electron chi connectivity index (χ4n) is 2.66. The van der Waals surface area contributed by atoms with E-state index in [0.29, 0.717) is 12.0 Å². The predicted molar refractivity (Wildman–Crippen MR) is 68.0 cm³/mol. The van der Waals surface area contributed by atoms with E-state index in [1.165, 1.54) is 18.2 Å². The largest absolute Gasteiger partial charge is 0.294 e. The molecule has 96 valence electrons. The molecule has 1 aliphatic carbocycles. The summed E-state index contributed by atoms with van der Waals surface area (Å²) in [5.74, 6) is -1.53. The van der Waals surface area contributed by atoms with Gasteiger partial charge in [0.25, 0.3) is 0 Å². The second-order valence-electron chi connectivity index (χ2n) is 4.83. The van der Waals surface area contributed by atoms with Crippen molar-refractivity contribution in [2.75, 3.05) is 0 Å². The van der Waals surface area contributed by atoms with Crippen LogP contribution >= 0.6 is 0 Å². The van der Waals surface area contributed by atoms with Gasteiger partial charge in [-0.2, -0.15) is 0 Å². The van der Waals surface area contributed by atoms with Crippen LogP contribution in [0.1, 0.15) is 21.5 Å². The van der Waals surface area contributed by atoms with Crippen molar-refractivity contribution >= 4 is 5.78 Å². The normalized spacial score (nSPS) is 17.6. The number of hydrogen-bond acceptors (Lipinski definition) is 1. The number of Topliss-reactive ketones (excluding diaryl/α,β-unsaturated/α-hetero) is 1. The Labute approximate surface area is 109 Å². The third-order valence-electron chi connectivity index (χ3n) is 3.63. The smallest absolute Gasteiger partial charge is 0.166 e. The van der Waals surface area contributed by atoms with Crippen LogP contribution in [0.4, 0.5) is 8.78 Å². The van der Waals surface area contributed by atoms with Crippen molar-refractivity contribution in [3.63, 3.8) is 0 Å². The molecule has 3 rings (SSSR count). The van der Waals surface area contributed by atoms with Crippen LogP contribution in [-0.4, -0.2) is 5.78 Å². The van der Waals surface area contributed by atoms with Crippen molar-refractivity contribution < 1.29 is 13.6 Å². The van der Waals surface area contributed by atoms with Crippen LogP contribution in [0.15, 0.2) is 42.5 Å². The van der Waals surface area contributed by atoms with Gasteiger partial charge < -0.3 is 0 Å². The molecule has 0 saturated carbocycles. The van der Waals surface area contributed by atoms with E-state index in [2.05, 4.69) is 0 Å². The summed E-state index contributed by atoms with van der Waals surface area (Å²) >= 11 is 0. The highest BCUT2D eigenvalue weighted by Crippen LogP contribution is 2.30.